The Balaban J connectivity index is 1.33. The Kier molecular flexibility index (Phi) is 5.72. The van der Waals surface area contributed by atoms with Gasteiger partial charge in [-0.05, 0) is 72.9 Å². The lowest BCUT2D eigenvalue weighted by molar-refractivity contribution is -0.0511. The smallest absolute Gasteiger partial charge is 0.253 e. The Morgan fingerprint density at radius 3 is 2.71 bits per heavy atom. The number of piperidine rings is 3. The first-order chi connectivity index (χ1) is 15.2. The van der Waals surface area contributed by atoms with Crippen molar-refractivity contribution in [1.82, 2.24) is 9.80 Å². The van der Waals surface area contributed by atoms with Gasteiger partial charge in [0.2, 0.25) is 0 Å². The molecule has 1 amide bonds. The molecule has 5 heteroatoms. The van der Waals surface area contributed by atoms with Crippen LogP contribution in [0.25, 0.3) is 0 Å². The van der Waals surface area contributed by atoms with Gasteiger partial charge < -0.3 is 15.4 Å². The maximum atomic E-state index is 13.3. The standard InChI is InChI=1S/C26H33N3O2/c1-31-23-10-8-20(9-11-23)24-6-3-7-25-22-13-19(16-29(24)25)15-28(17-22)26(30)21-5-2-4-18(12-21)14-27/h2,4-5,8-12,19,22,24-25H,3,6-7,13-17,27H2,1H3/t19-,22+,24+,25-/m0/s1. The van der Waals surface area contributed by atoms with Gasteiger partial charge in [-0.25, -0.2) is 0 Å². The fraction of sp³-hybridized carbons (Fsp3) is 0.500. The zero-order chi connectivity index (χ0) is 21.4. The molecule has 3 aliphatic rings. The van der Waals surface area contributed by atoms with E-state index in [4.69, 9.17) is 10.5 Å². The van der Waals surface area contributed by atoms with Gasteiger partial charge in [0.25, 0.3) is 5.91 Å². The summed E-state index contributed by atoms with van der Waals surface area (Å²) in [6.07, 6.45) is 4.97. The van der Waals surface area contributed by atoms with Crippen LogP contribution in [0.4, 0.5) is 0 Å². The number of likely N-dealkylation sites (tertiary alicyclic amines) is 1. The number of benzene rings is 2. The number of hydrogen-bond acceptors (Lipinski definition) is 4. The van der Waals surface area contributed by atoms with Crippen molar-refractivity contribution >= 4 is 5.91 Å². The summed E-state index contributed by atoms with van der Waals surface area (Å²) in [5.41, 5.74) is 8.98. The van der Waals surface area contributed by atoms with Gasteiger partial charge in [0.15, 0.2) is 0 Å². The lowest BCUT2D eigenvalue weighted by Gasteiger charge is -2.55. The van der Waals surface area contributed by atoms with E-state index in [1.54, 1.807) is 7.11 Å². The summed E-state index contributed by atoms with van der Waals surface area (Å²) in [6, 6.07) is 17.5. The van der Waals surface area contributed by atoms with Crippen molar-refractivity contribution in [3.63, 3.8) is 0 Å². The first-order valence-electron chi connectivity index (χ1n) is 11.6. The van der Waals surface area contributed by atoms with Crippen molar-refractivity contribution in [2.24, 2.45) is 17.6 Å². The third-order valence-corrected chi connectivity index (χ3v) is 7.58. The molecular weight excluding hydrogens is 386 g/mol. The highest BCUT2D eigenvalue weighted by Crippen LogP contribution is 2.44. The molecule has 2 N–H and O–H groups in total. The van der Waals surface area contributed by atoms with Crippen molar-refractivity contribution in [2.75, 3.05) is 26.7 Å². The number of nitrogens with two attached hydrogens (primary N) is 1. The second kappa shape index (κ2) is 8.64. The molecule has 0 unspecified atom stereocenters. The zero-order valence-electron chi connectivity index (χ0n) is 18.4. The second-order valence-electron chi connectivity index (χ2n) is 9.46. The molecule has 0 spiro atoms. The number of carbonyl (C=O) groups excluding carboxylic acids is 1. The van der Waals surface area contributed by atoms with E-state index in [1.165, 1.54) is 31.2 Å². The zero-order valence-corrected chi connectivity index (χ0v) is 18.4. The molecule has 3 aliphatic heterocycles. The van der Waals surface area contributed by atoms with Gasteiger partial charge in [0, 0.05) is 43.8 Å². The first kappa shape index (κ1) is 20.5. The summed E-state index contributed by atoms with van der Waals surface area (Å²) in [4.78, 5) is 18.1. The highest BCUT2D eigenvalue weighted by molar-refractivity contribution is 5.94. The average molecular weight is 420 g/mol. The number of methoxy groups -OCH3 is 1. The van der Waals surface area contributed by atoms with Gasteiger partial charge in [-0.15, -0.1) is 0 Å². The Hall–Kier alpha value is -2.37. The van der Waals surface area contributed by atoms with E-state index in [9.17, 15) is 4.79 Å². The number of hydrogen-bond donors (Lipinski definition) is 1. The minimum atomic E-state index is 0.168. The van der Waals surface area contributed by atoms with E-state index in [1.807, 2.05) is 24.3 Å². The summed E-state index contributed by atoms with van der Waals surface area (Å²) in [5.74, 6) is 2.20. The van der Waals surface area contributed by atoms with Gasteiger partial charge in [-0.3, -0.25) is 9.69 Å². The molecule has 2 aromatic rings. The van der Waals surface area contributed by atoms with E-state index in [-0.39, 0.29) is 5.91 Å². The molecule has 3 saturated heterocycles. The van der Waals surface area contributed by atoms with E-state index in [2.05, 4.69) is 34.1 Å². The van der Waals surface area contributed by atoms with Crippen molar-refractivity contribution in [2.45, 2.75) is 44.3 Å². The van der Waals surface area contributed by atoms with Crippen LogP contribution in [0.2, 0.25) is 0 Å². The molecule has 2 bridgehead atoms. The molecule has 0 aromatic heterocycles. The van der Waals surface area contributed by atoms with E-state index >= 15 is 0 Å². The minimum absolute atomic E-state index is 0.168. The van der Waals surface area contributed by atoms with E-state index in [0.717, 1.165) is 36.5 Å². The van der Waals surface area contributed by atoms with Gasteiger partial charge in [0.1, 0.15) is 5.75 Å². The molecule has 3 fully saturated rings. The summed E-state index contributed by atoms with van der Waals surface area (Å²) < 4.78 is 5.35. The predicted molar refractivity (Wildman–Crippen MR) is 122 cm³/mol. The maximum Gasteiger partial charge on any atom is 0.253 e. The number of fused-ring (bicyclic) bond motifs is 4. The number of ether oxygens (including phenoxy) is 1. The highest BCUT2D eigenvalue weighted by Gasteiger charge is 2.45. The number of nitrogens with zero attached hydrogens (tertiary/aromatic N) is 2. The average Bonchev–Trinajstić information content (AvgIpc) is 2.83. The number of rotatable bonds is 4. The summed E-state index contributed by atoms with van der Waals surface area (Å²) in [7, 11) is 1.72. The molecule has 3 heterocycles. The van der Waals surface area contributed by atoms with Crippen LogP contribution >= 0.6 is 0 Å². The molecule has 2 aromatic carbocycles. The number of amides is 1. The monoisotopic (exact) mass is 419 g/mol. The summed E-state index contributed by atoms with van der Waals surface area (Å²) >= 11 is 0. The Morgan fingerprint density at radius 2 is 1.94 bits per heavy atom. The van der Waals surface area contributed by atoms with Crippen molar-refractivity contribution in [3.05, 3.63) is 65.2 Å². The Morgan fingerprint density at radius 1 is 1.10 bits per heavy atom. The Labute approximate surface area is 185 Å². The predicted octanol–water partition coefficient (Wildman–Crippen LogP) is 3.84. The molecule has 164 valence electrons. The molecular formula is C26H33N3O2. The quantitative estimate of drug-likeness (QED) is 0.818. The molecule has 31 heavy (non-hydrogen) atoms. The van der Waals surface area contributed by atoms with Crippen molar-refractivity contribution in [3.8, 4) is 5.75 Å². The van der Waals surface area contributed by atoms with Crippen LogP contribution in [0.15, 0.2) is 48.5 Å². The summed E-state index contributed by atoms with van der Waals surface area (Å²) in [5, 5.41) is 0. The summed E-state index contributed by atoms with van der Waals surface area (Å²) in [6.45, 7) is 3.29. The largest absolute Gasteiger partial charge is 0.497 e. The first-order valence-corrected chi connectivity index (χ1v) is 11.6. The third-order valence-electron chi connectivity index (χ3n) is 7.58. The normalized spacial score (nSPS) is 28.1. The molecule has 5 nitrogen and oxygen atoms in total. The molecule has 4 atom stereocenters. The van der Waals surface area contributed by atoms with Crippen LogP contribution in [0.1, 0.15) is 53.2 Å². The SMILES string of the molecule is COc1ccc([C@H]2CCC[C@H]3[C@@H]4C[C@@H](CN(C(=O)c5cccc(CN)c5)C4)CN23)cc1. The van der Waals surface area contributed by atoms with Crippen LogP contribution in [-0.2, 0) is 6.54 Å². The molecule has 0 radical (unpaired) electrons. The van der Waals surface area contributed by atoms with E-state index in [0.29, 0.717) is 30.5 Å². The fourth-order valence-corrected chi connectivity index (χ4v) is 6.17. The van der Waals surface area contributed by atoms with Crippen LogP contribution in [0.5, 0.6) is 5.75 Å². The van der Waals surface area contributed by atoms with Gasteiger partial charge in [-0.2, -0.15) is 0 Å². The van der Waals surface area contributed by atoms with Crippen molar-refractivity contribution < 1.29 is 9.53 Å². The van der Waals surface area contributed by atoms with Crippen LogP contribution < -0.4 is 10.5 Å². The second-order valence-corrected chi connectivity index (χ2v) is 9.46. The van der Waals surface area contributed by atoms with Gasteiger partial charge >= 0.3 is 0 Å². The molecule has 0 saturated carbocycles. The topological polar surface area (TPSA) is 58.8 Å². The van der Waals surface area contributed by atoms with Crippen LogP contribution in [0.3, 0.4) is 0 Å². The van der Waals surface area contributed by atoms with E-state index < -0.39 is 0 Å². The minimum Gasteiger partial charge on any atom is -0.497 e. The molecule has 0 aliphatic carbocycles. The highest BCUT2D eigenvalue weighted by atomic mass is 16.5. The third kappa shape index (κ3) is 3.97. The molecule has 5 rings (SSSR count). The van der Waals surface area contributed by atoms with Crippen molar-refractivity contribution in [1.29, 1.82) is 0 Å². The maximum absolute atomic E-state index is 13.3. The Bertz CT molecular complexity index is 929. The number of carbonyl (C=O) groups is 1. The van der Waals surface area contributed by atoms with Crippen LogP contribution in [0, 0.1) is 11.8 Å². The fourth-order valence-electron chi connectivity index (χ4n) is 6.17. The van der Waals surface area contributed by atoms with Gasteiger partial charge in [-0.1, -0.05) is 24.3 Å². The van der Waals surface area contributed by atoms with Gasteiger partial charge in [0.05, 0.1) is 7.11 Å². The lowest BCUT2D eigenvalue weighted by atomic mass is 9.73. The van der Waals surface area contributed by atoms with Crippen LogP contribution in [-0.4, -0.2) is 48.5 Å². The lowest BCUT2D eigenvalue weighted by Crippen LogP contribution is -2.60.